The van der Waals surface area contributed by atoms with E-state index in [0.717, 1.165) is 17.5 Å². The molecule has 0 saturated carbocycles. The summed E-state index contributed by atoms with van der Waals surface area (Å²) in [4.78, 5) is 10.1. The van der Waals surface area contributed by atoms with Gasteiger partial charge in [0.25, 0.3) is 0 Å². The molecule has 0 spiro atoms. The van der Waals surface area contributed by atoms with Crippen LogP contribution in [-0.2, 0) is 13.0 Å². The Balaban J connectivity index is 2.26. The first-order valence-corrected chi connectivity index (χ1v) is 6.66. The fourth-order valence-corrected chi connectivity index (χ4v) is 2.23. The first-order chi connectivity index (χ1) is 10.0. The van der Waals surface area contributed by atoms with E-state index in [1.807, 2.05) is 18.2 Å². The SMILES string of the molecule is COc1cc(CCN)ccc1Cn1cc(Cl)c([N+](=O)[O-])n1. The Labute approximate surface area is 126 Å². The van der Waals surface area contributed by atoms with E-state index in [1.54, 1.807) is 7.11 Å². The van der Waals surface area contributed by atoms with Gasteiger partial charge >= 0.3 is 5.82 Å². The summed E-state index contributed by atoms with van der Waals surface area (Å²) in [5.74, 6) is 0.339. The Morgan fingerprint density at radius 3 is 2.86 bits per heavy atom. The molecule has 0 atom stereocenters. The second-order valence-corrected chi connectivity index (χ2v) is 4.85. The van der Waals surface area contributed by atoms with Crippen LogP contribution in [0.4, 0.5) is 5.82 Å². The lowest BCUT2D eigenvalue weighted by atomic mass is 10.1. The molecule has 0 radical (unpaired) electrons. The molecule has 0 unspecified atom stereocenters. The smallest absolute Gasteiger partial charge is 0.408 e. The third kappa shape index (κ3) is 3.50. The summed E-state index contributed by atoms with van der Waals surface area (Å²) in [5.41, 5.74) is 7.45. The van der Waals surface area contributed by atoms with Crippen molar-refractivity contribution in [2.75, 3.05) is 13.7 Å². The molecule has 1 aromatic heterocycles. The highest BCUT2D eigenvalue weighted by Crippen LogP contribution is 2.25. The Bertz CT molecular complexity index is 657. The number of rotatable bonds is 6. The van der Waals surface area contributed by atoms with E-state index in [4.69, 9.17) is 22.1 Å². The predicted molar refractivity (Wildman–Crippen MR) is 78.7 cm³/mol. The first kappa shape index (κ1) is 15.3. The number of hydrogen-bond acceptors (Lipinski definition) is 5. The van der Waals surface area contributed by atoms with Gasteiger partial charge in [-0.15, -0.1) is 0 Å². The van der Waals surface area contributed by atoms with Crippen molar-refractivity contribution in [3.05, 3.63) is 50.7 Å². The Morgan fingerprint density at radius 1 is 1.52 bits per heavy atom. The van der Waals surface area contributed by atoms with E-state index in [2.05, 4.69) is 5.10 Å². The number of aromatic nitrogens is 2. The summed E-state index contributed by atoms with van der Waals surface area (Å²) in [6.07, 6.45) is 2.18. The largest absolute Gasteiger partial charge is 0.496 e. The van der Waals surface area contributed by atoms with Crippen LogP contribution in [-0.4, -0.2) is 28.4 Å². The maximum atomic E-state index is 10.7. The van der Waals surface area contributed by atoms with Gasteiger partial charge in [-0.3, -0.25) is 0 Å². The van der Waals surface area contributed by atoms with Crippen molar-refractivity contribution in [1.29, 1.82) is 0 Å². The minimum Gasteiger partial charge on any atom is -0.496 e. The molecule has 0 fully saturated rings. The highest BCUT2D eigenvalue weighted by molar-refractivity contribution is 6.32. The van der Waals surface area contributed by atoms with Crippen LogP contribution in [0.1, 0.15) is 11.1 Å². The number of nitrogens with zero attached hydrogens (tertiary/aromatic N) is 3. The van der Waals surface area contributed by atoms with Gasteiger partial charge in [0, 0.05) is 5.56 Å². The number of ether oxygens (including phenoxy) is 1. The topological polar surface area (TPSA) is 96.2 Å². The lowest BCUT2D eigenvalue weighted by Gasteiger charge is -2.09. The summed E-state index contributed by atoms with van der Waals surface area (Å²) in [6.45, 7) is 0.892. The summed E-state index contributed by atoms with van der Waals surface area (Å²) >= 11 is 5.78. The van der Waals surface area contributed by atoms with Crippen LogP contribution in [0.25, 0.3) is 0 Å². The molecule has 0 amide bonds. The molecule has 21 heavy (non-hydrogen) atoms. The number of methoxy groups -OCH3 is 1. The molecule has 0 saturated heterocycles. The maximum Gasteiger partial charge on any atom is 0.408 e. The Hall–Kier alpha value is -2.12. The number of nitro groups is 1. The lowest BCUT2D eigenvalue weighted by molar-refractivity contribution is -0.389. The van der Waals surface area contributed by atoms with E-state index in [9.17, 15) is 10.1 Å². The van der Waals surface area contributed by atoms with Crippen molar-refractivity contribution < 1.29 is 9.66 Å². The third-order valence-corrected chi connectivity index (χ3v) is 3.26. The molecule has 0 aliphatic heterocycles. The second-order valence-electron chi connectivity index (χ2n) is 4.44. The molecular formula is C13H15ClN4O3. The summed E-state index contributed by atoms with van der Waals surface area (Å²) in [5, 5.41) is 14.6. The average Bonchev–Trinajstić information content (AvgIpc) is 2.82. The minimum atomic E-state index is -0.611. The Kier molecular flexibility index (Phi) is 4.77. The molecule has 2 rings (SSSR count). The van der Waals surface area contributed by atoms with Crippen molar-refractivity contribution >= 4 is 17.4 Å². The van der Waals surface area contributed by atoms with Crippen LogP contribution < -0.4 is 10.5 Å². The van der Waals surface area contributed by atoms with E-state index in [0.29, 0.717) is 18.8 Å². The Morgan fingerprint density at radius 2 is 2.29 bits per heavy atom. The fraction of sp³-hybridized carbons (Fsp3) is 0.308. The van der Waals surface area contributed by atoms with E-state index in [-0.39, 0.29) is 10.8 Å². The summed E-state index contributed by atoms with van der Waals surface area (Å²) < 4.78 is 6.76. The predicted octanol–water partition coefficient (Wildman–Crippen LogP) is 2.00. The molecule has 7 nitrogen and oxygen atoms in total. The number of hydrogen-bond donors (Lipinski definition) is 1. The molecule has 2 N–H and O–H groups in total. The molecule has 2 aromatic rings. The lowest BCUT2D eigenvalue weighted by Crippen LogP contribution is -2.06. The molecule has 1 aromatic carbocycles. The zero-order chi connectivity index (χ0) is 15.4. The minimum absolute atomic E-state index is 0.0127. The van der Waals surface area contributed by atoms with Crippen LogP contribution in [0.3, 0.4) is 0 Å². The van der Waals surface area contributed by atoms with Crippen LogP contribution in [0.15, 0.2) is 24.4 Å². The van der Waals surface area contributed by atoms with Crippen LogP contribution in [0.2, 0.25) is 5.02 Å². The van der Waals surface area contributed by atoms with E-state index >= 15 is 0 Å². The van der Waals surface area contributed by atoms with Crippen LogP contribution in [0, 0.1) is 10.1 Å². The zero-order valence-electron chi connectivity index (χ0n) is 11.5. The summed E-state index contributed by atoms with van der Waals surface area (Å²) in [7, 11) is 1.57. The average molecular weight is 311 g/mol. The zero-order valence-corrected chi connectivity index (χ0v) is 12.2. The van der Waals surface area contributed by atoms with Crippen molar-refractivity contribution in [3.63, 3.8) is 0 Å². The van der Waals surface area contributed by atoms with Gasteiger partial charge in [0.2, 0.25) is 0 Å². The quantitative estimate of drug-likeness (QED) is 0.650. The van der Waals surface area contributed by atoms with Gasteiger partial charge in [0.1, 0.15) is 5.75 Å². The maximum absolute atomic E-state index is 10.7. The highest BCUT2D eigenvalue weighted by Gasteiger charge is 2.19. The van der Waals surface area contributed by atoms with Gasteiger partial charge in [0.15, 0.2) is 5.02 Å². The molecular weight excluding hydrogens is 296 g/mol. The number of halogens is 1. The van der Waals surface area contributed by atoms with Crippen molar-refractivity contribution in [2.45, 2.75) is 13.0 Å². The van der Waals surface area contributed by atoms with Gasteiger partial charge < -0.3 is 20.6 Å². The molecule has 8 heteroatoms. The van der Waals surface area contributed by atoms with Gasteiger partial charge in [-0.05, 0) is 29.5 Å². The first-order valence-electron chi connectivity index (χ1n) is 6.28. The van der Waals surface area contributed by atoms with E-state index < -0.39 is 4.92 Å². The third-order valence-electron chi connectivity index (χ3n) is 2.99. The fourth-order valence-electron chi connectivity index (χ4n) is 2.01. The standard InChI is InChI=1S/C13H15ClN4O3/c1-21-12-6-9(4-5-15)2-3-10(12)7-17-8-11(14)13(16-17)18(19)20/h2-3,6,8H,4-5,7,15H2,1H3. The number of nitrogens with two attached hydrogens (primary N) is 1. The highest BCUT2D eigenvalue weighted by atomic mass is 35.5. The molecule has 0 aliphatic carbocycles. The molecule has 0 aliphatic rings. The van der Waals surface area contributed by atoms with Crippen molar-refractivity contribution in [3.8, 4) is 5.75 Å². The van der Waals surface area contributed by atoms with Crippen LogP contribution in [0.5, 0.6) is 5.75 Å². The van der Waals surface area contributed by atoms with Crippen LogP contribution >= 0.6 is 11.6 Å². The monoisotopic (exact) mass is 310 g/mol. The molecule has 112 valence electrons. The molecule has 0 bridgehead atoms. The van der Waals surface area contributed by atoms with Gasteiger partial charge in [0.05, 0.1) is 25.0 Å². The van der Waals surface area contributed by atoms with Crippen molar-refractivity contribution in [2.24, 2.45) is 5.73 Å². The van der Waals surface area contributed by atoms with Gasteiger partial charge in [-0.1, -0.05) is 23.7 Å². The normalized spacial score (nSPS) is 10.6. The number of benzene rings is 1. The van der Waals surface area contributed by atoms with Gasteiger partial charge in [-0.25, -0.2) is 0 Å². The van der Waals surface area contributed by atoms with Gasteiger partial charge in [-0.2, -0.15) is 4.68 Å². The second kappa shape index (κ2) is 6.55. The molecule has 1 heterocycles. The van der Waals surface area contributed by atoms with E-state index in [1.165, 1.54) is 10.9 Å². The summed E-state index contributed by atoms with van der Waals surface area (Å²) in [6, 6.07) is 5.75. The van der Waals surface area contributed by atoms with Crippen molar-refractivity contribution in [1.82, 2.24) is 9.78 Å².